The number of morpholine rings is 1. The standard InChI is InChI=1S/C12H22N2O3/c1-13-11(12(15)16-2)5-6-14-7-9-3-4-10(8-14)17-9/h9-11,13H,3-8H2,1-2H3. The number of hydrogen-bond donors (Lipinski definition) is 1. The highest BCUT2D eigenvalue weighted by atomic mass is 16.5. The molecule has 98 valence electrons. The lowest BCUT2D eigenvalue weighted by molar-refractivity contribution is -0.143. The number of esters is 1. The van der Waals surface area contributed by atoms with Crippen molar-refractivity contribution in [3.63, 3.8) is 0 Å². The van der Waals surface area contributed by atoms with Crippen LogP contribution in [0.3, 0.4) is 0 Å². The van der Waals surface area contributed by atoms with Gasteiger partial charge in [0.05, 0.1) is 19.3 Å². The Hall–Kier alpha value is -0.650. The molecule has 2 aliphatic heterocycles. The number of ether oxygens (including phenoxy) is 2. The minimum atomic E-state index is -0.194. The van der Waals surface area contributed by atoms with Gasteiger partial charge in [0.1, 0.15) is 6.04 Å². The predicted molar refractivity (Wildman–Crippen MR) is 63.8 cm³/mol. The van der Waals surface area contributed by atoms with Crippen molar-refractivity contribution in [3.8, 4) is 0 Å². The Labute approximate surface area is 102 Å². The average molecular weight is 242 g/mol. The maximum atomic E-state index is 11.4. The first-order valence-electron chi connectivity index (χ1n) is 6.36. The van der Waals surface area contributed by atoms with Gasteiger partial charge >= 0.3 is 5.97 Å². The zero-order valence-corrected chi connectivity index (χ0v) is 10.6. The second-order valence-corrected chi connectivity index (χ2v) is 4.87. The second kappa shape index (κ2) is 5.80. The van der Waals surface area contributed by atoms with E-state index >= 15 is 0 Å². The van der Waals surface area contributed by atoms with Gasteiger partial charge in [0, 0.05) is 19.6 Å². The highest BCUT2D eigenvalue weighted by molar-refractivity contribution is 5.75. The Morgan fingerprint density at radius 2 is 2.12 bits per heavy atom. The molecule has 0 saturated carbocycles. The molecule has 0 aromatic carbocycles. The Morgan fingerprint density at radius 3 is 2.65 bits per heavy atom. The molecule has 0 aromatic heterocycles. The molecule has 2 saturated heterocycles. The van der Waals surface area contributed by atoms with Gasteiger partial charge in [0.2, 0.25) is 0 Å². The number of nitrogens with one attached hydrogen (secondary N) is 1. The Bertz CT molecular complexity index is 260. The van der Waals surface area contributed by atoms with Crippen molar-refractivity contribution in [3.05, 3.63) is 0 Å². The molecule has 2 bridgehead atoms. The molecule has 2 aliphatic rings. The maximum Gasteiger partial charge on any atom is 0.322 e. The molecule has 3 unspecified atom stereocenters. The van der Waals surface area contributed by atoms with Gasteiger partial charge in [-0.1, -0.05) is 0 Å². The number of nitrogens with zero attached hydrogens (tertiary/aromatic N) is 1. The van der Waals surface area contributed by atoms with Crippen LogP contribution in [-0.4, -0.2) is 62.9 Å². The number of rotatable bonds is 5. The SMILES string of the molecule is CNC(CCN1CC2CCC(C1)O2)C(=O)OC. The van der Waals surface area contributed by atoms with E-state index in [1.807, 2.05) is 0 Å². The summed E-state index contributed by atoms with van der Waals surface area (Å²) >= 11 is 0. The molecule has 5 heteroatoms. The number of fused-ring (bicyclic) bond motifs is 2. The van der Waals surface area contributed by atoms with Crippen LogP contribution >= 0.6 is 0 Å². The molecule has 17 heavy (non-hydrogen) atoms. The molecule has 0 aliphatic carbocycles. The van der Waals surface area contributed by atoms with Gasteiger partial charge in [0.25, 0.3) is 0 Å². The van der Waals surface area contributed by atoms with Crippen molar-refractivity contribution in [1.29, 1.82) is 0 Å². The number of likely N-dealkylation sites (N-methyl/N-ethyl adjacent to an activating group) is 1. The van der Waals surface area contributed by atoms with Crippen LogP contribution in [0.5, 0.6) is 0 Å². The van der Waals surface area contributed by atoms with Crippen molar-refractivity contribution >= 4 is 5.97 Å². The fraction of sp³-hybridized carbons (Fsp3) is 0.917. The molecule has 5 nitrogen and oxygen atoms in total. The van der Waals surface area contributed by atoms with Crippen LogP contribution < -0.4 is 5.32 Å². The van der Waals surface area contributed by atoms with E-state index in [4.69, 9.17) is 9.47 Å². The Kier molecular flexibility index (Phi) is 4.36. The Balaban J connectivity index is 1.75. The summed E-state index contributed by atoms with van der Waals surface area (Å²) in [7, 11) is 3.23. The maximum absolute atomic E-state index is 11.4. The van der Waals surface area contributed by atoms with Gasteiger partial charge in [-0.25, -0.2) is 0 Å². The predicted octanol–water partition coefficient (Wildman–Crippen LogP) is 0.000700. The summed E-state index contributed by atoms with van der Waals surface area (Å²) in [6.07, 6.45) is 4.00. The summed E-state index contributed by atoms with van der Waals surface area (Å²) in [5.41, 5.74) is 0. The summed E-state index contributed by atoms with van der Waals surface area (Å²) in [6.45, 7) is 2.94. The van der Waals surface area contributed by atoms with E-state index in [-0.39, 0.29) is 12.0 Å². The van der Waals surface area contributed by atoms with Gasteiger partial charge in [-0.05, 0) is 26.3 Å². The first kappa shape index (κ1) is 12.8. The van der Waals surface area contributed by atoms with Crippen LogP contribution in [-0.2, 0) is 14.3 Å². The third-order valence-corrected chi connectivity index (χ3v) is 3.69. The lowest BCUT2D eigenvalue weighted by atomic mass is 10.2. The molecule has 2 rings (SSSR count). The minimum absolute atomic E-state index is 0.177. The fourth-order valence-electron chi connectivity index (χ4n) is 2.72. The molecule has 0 radical (unpaired) electrons. The summed E-state index contributed by atoms with van der Waals surface area (Å²) in [6, 6.07) is -0.194. The second-order valence-electron chi connectivity index (χ2n) is 4.87. The van der Waals surface area contributed by atoms with Crippen LogP contribution in [0, 0.1) is 0 Å². The highest BCUT2D eigenvalue weighted by Gasteiger charge is 2.33. The van der Waals surface area contributed by atoms with Crippen molar-refractivity contribution in [2.75, 3.05) is 33.8 Å². The van der Waals surface area contributed by atoms with E-state index in [0.717, 1.165) is 26.1 Å². The largest absolute Gasteiger partial charge is 0.468 e. The van der Waals surface area contributed by atoms with E-state index in [2.05, 4.69) is 10.2 Å². The molecule has 0 aromatic rings. The van der Waals surface area contributed by atoms with E-state index in [0.29, 0.717) is 12.2 Å². The van der Waals surface area contributed by atoms with Crippen LogP contribution in [0.15, 0.2) is 0 Å². The lowest BCUT2D eigenvalue weighted by Crippen LogP contribution is -2.45. The third kappa shape index (κ3) is 3.18. The number of likely N-dealkylation sites (tertiary alicyclic amines) is 1. The third-order valence-electron chi connectivity index (χ3n) is 3.69. The molecule has 0 amide bonds. The molecule has 1 N–H and O–H groups in total. The quantitative estimate of drug-likeness (QED) is 0.688. The molecule has 0 spiro atoms. The molecule has 2 heterocycles. The lowest BCUT2D eigenvalue weighted by Gasteiger charge is -2.32. The van der Waals surface area contributed by atoms with Gasteiger partial charge in [-0.2, -0.15) is 0 Å². The van der Waals surface area contributed by atoms with Crippen LogP contribution in [0.25, 0.3) is 0 Å². The topological polar surface area (TPSA) is 50.8 Å². The normalized spacial score (nSPS) is 30.2. The van der Waals surface area contributed by atoms with Crippen LogP contribution in [0.2, 0.25) is 0 Å². The fourth-order valence-corrected chi connectivity index (χ4v) is 2.72. The van der Waals surface area contributed by atoms with Gasteiger partial charge < -0.3 is 14.8 Å². The van der Waals surface area contributed by atoms with Crippen molar-refractivity contribution in [2.45, 2.75) is 37.5 Å². The summed E-state index contributed by atoms with van der Waals surface area (Å²) < 4.78 is 10.5. The van der Waals surface area contributed by atoms with Crippen molar-refractivity contribution in [1.82, 2.24) is 10.2 Å². The van der Waals surface area contributed by atoms with Crippen LogP contribution in [0.1, 0.15) is 19.3 Å². The van der Waals surface area contributed by atoms with Gasteiger partial charge in [-0.15, -0.1) is 0 Å². The van der Waals surface area contributed by atoms with Crippen molar-refractivity contribution in [2.24, 2.45) is 0 Å². The Morgan fingerprint density at radius 1 is 1.47 bits per heavy atom. The smallest absolute Gasteiger partial charge is 0.322 e. The van der Waals surface area contributed by atoms with E-state index in [1.165, 1.54) is 20.0 Å². The zero-order valence-electron chi connectivity index (χ0n) is 10.6. The zero-order chi connectivity index (χ0) is 12.3. The number of carbonyl (C=O) groups excluding carboxylic acids is 1. The summed E-state index contributed by atoms with van der Waals surface area (Å²) in [4.78, 5) is 13.8. The molecular weight excluding hydrogens is 220 g/mol. The van der Waals surface area contributed by atoms with E-state index in [1.54, 1.807) is 7.05 Å². The molecular formula is C12H22N2O3. The van der Waals surface area contributed by atoms with E-state index in [9.17, 15) is 4.79 Å². The van der Waals surface area contributed by atoms with Crippen LogP contribution in [0.4, 0.5) is 0 Å². The molecule has 3 atom stereocenters. The number of hydrogen-bond acceptors (Lipinski definition) is 5. The van der Waals surface area contributed by atoms with Crippen molar-refractivity contribution < 1.29 is 14.3 Å². The summed E-state index contributed by atoms with van der Waals surface area (Å²) in [5, 5.41) is 3.00. The number of carbonyl (C=O) groups is 1. The minimum Gasteiger partial charge on any atom is -0.468 e. The monoisotopic (exact) mass is 242 g/mol. The highest BCUT2D eigenvalue weighted by Crippen LogP contribution is 2.26. The summed E-state index contributed by atoms with van der Waals surface area (Å²) in [5.74, 6) is -0.177. The van der Waals surface area contributed by atoms with Gasteiger partial charge in [-0.3, -0.25) is 9.69 Å². The van der Waals surface area contributed by atoms with Gasteiger partial charge in [0.15, 0.2) is 0 Å². The number of methoxy groups -OCH3 is 1. The average Bonchev–Trinajstić information content (AvgIpc) is 2.69. The first-order valence-corrected chi connectivity index (χ1v) is 6.36. The van der Waals surface area contributed by atoms with E-state index < -0.39 is 0 Å². The first-order chi connectivity index (χ1) is 8.22. The molecule has 2 fully saturated rings.